The lowest BCUT2D eigenvalue weighted by molar-refractivity contribution is -0.115. The second-order valence-electron chi connectivity index (χ2n) is 6.34. The van der Waals surface area contributed by atoms with Crippen LogP contribution in [-0.2, 0) is 4.79 Å². The number of ketones is 1. The number of nitrogens with one attached hydrogen (secondary N) is 1. The fourth-order valence-electron chi connectivity index (χ4n) is 2.73. The van der Waals surface area contributed by atoms with Crippen molar-refractivity contribution in [2.75, 3.05) is 11.1 Å². The maximum absolute atomic E-state index is 12.6. The number of para-hydroxylation sites is 1. The number of anilines is 1. The first-order chi connectivity index (χ1) is 13.5. The minimum Gasteiger partial charge on any atom is -0.326 e. The van der Waals surface area contributed by atoms with Crippen LogP contribution in [0.3, 0.4) is 0 Å². The third-order valence-corrected chi connectivity index (χ3v) is 5.22. The maximum atomic E-state index is 12.6. The van der Waals surface area contributed by atoms with E-state index in [-0.39, 0.29) is 17.4 Å². The quantitative estimate of drug-likeness (QED) is 0.480. The van der Waals surface area contributed by atoms with Crippen LogP contribution in [0.25, 0.3) is 5.69 Å². The molecule has 28 heavy (non-hydrogen) atoms. The second-order valence-corrected chi connectivity index (χ2v) is 7.29. The smallest absolute Gasteiger partial charge is 0.224 e. The van der Waals surface area contributed by atoms with E-state index < -0.39 is 0 Å². The summed E-state index contributed by atoms with van der Waals surface area (Å²) in [5, 5.41) is 11.9. The second kappa shape index (κ2) is 8.84. The number of carbonyl (C=O) groups excluding carboxylic acids is 2. The molecule has 0 unspecified atom stereocenters. The lowest BCUT2D eigenvalue weighted by Crippen LogP contribution is -2.10. The van der Waals surface area contributed by atoms with Gasteiger partial charge in [0.1, 0.15) is 5.82 Å². The highest BCUT2D eigenvalue weighted by atomic mass is 32.2. The van der Waals surface area contributed by atoms with Crippen LogP contribution in [0.1, 0.15) is 35.1 Å². The number of aromatic nitrogens is 3. The molecule has 0 atom stereocenters. The summed E-state index contributed by atoms with van der Waals surface area (Å²) in [5.74, 6) is 0.973. The Morgan fingerprint density at radius 2 is 1.75 bits per heavy atom. The molecule has 3 rings (SSSR count). The first-order valence-corrected chi connectivity index (χ1v) is 10.0. The number of hydrogen-bond acceptors (Lipinski definition) is 5. The molecule has 0 saturated heterocycles. The van der Waals surface area contributed by atoms with Crippen molar-refractivity contribution >= 4 is 29.1 Å². The SMILES string of the molecule is CCC(=O)Nc1ccc(C(=O)CSc2nnc(C)n2-c2ccccc2C)cc1. The normalized spacial score (nSPS) is 10.7. The monoisotopic (exact) mass is 394 g/mol. The average molecular weight is 395 g/mol. The molecule has 1 aromatic heterocycles. The summed E-state index contributed by atoms with van der Waals surface area (Å²) in [5.41, 5.74) is 3.41. The Morgan fingerprint density at radius 1 is 1.04 bits per heavy atom. The molecule has 0 aliphatic carbocycles. The Bertz CT molecular complexity index is 996. The van der Waals surface area contributed by atoms with E-state index in [9.17, 15) is 9.59 Å². The molecule has 0 bridgehead atoms. The topological polar surface area (TPSA) is 76.9 Å². The largest absolute Gasteiger partial charge is 0.326 e. The standard InChI is InChI=1S/C21H22N4O2S/c1-4-20(27)22-17-11-9-16(10-12-17)19(26)13-28-21-24-23-15(3)25(21)18-8-6-5-7-14(18)2/h5-12H,4,13H2,1-3H3,(H,22,27). The van der Waals surface area contributed by atoms with Crippen LogP contribution in [0, 0.1) is 13.8 Å². The van der Waals surface area contributed by atoms with Crippen molar-refractivity contribution in [1.29, 1.82) is 0 Å². The Balaban J connectivity index is 1.70. The highest BCUT2D eigenvalue weighted by Gasteiger charge is 2.15. The van der Waals surface area contributed by atoms with Gasteiger partial charge in [-0.05, 0) is 49.7 Å². The lowest BCUT2D eigenvalue weighted by Gasteiger charge is -2.11. The molecular formula is C21H22N4O2S. The number of hydrogen-bond donors (Lipinski definition) is 1. The molecule has 1 heterocycles. The van der Waals surface area contributed by atoms with Crippen LogP contribution in [0.2, 0.25) is 0 Å². The molecule has 3 aromatic rings. The Kier molecular flexibility index (Phi) is 6.26. The first-order valence-electron chi connectivity index (χ1n) is 9.03. The third-order valence-electron chi connectivity index (χ3n) is 4.30. The number of carbonyl (C=O) groups is 2. The van der Waals surface area contributed by atoms with E-state index >= 15 is 0 Å². The minimum absolute atomic E-state index is 0.00430. The van der Waals surface area contributed by atoms with Crippen molar-refractivity contribution < 1.29 is 9.59 Å². The number of Topliss-reactive ketones (excluding diaryl/α,β-unsaturated/α-hetero) is 1. The summed E-state index contributed by atoms with van der Waals surface area (Å²) in [4.78, 5) is 24.0. The summed E-state index contributed by atoms with van der Waals surface area (Å²) in [7, 11) is 0. The highest BCUT2D eigenvalue weighted by Crippen LogP contribution is 2.24. The highest BCUT2D eigenvalue weighted by molar-refractivity contribution is 7.99. The van der Waals surface area contributed by atoms with Crippen LogP contribution in [-0.4, -0.2) is 32.2 Å². The van der Waals surface area contributed by atoms with Crippen molar-refractivity contribution in [1.82, 2.24) is 14.8 Å². The summed E-state index contributed by atoms with van der Waals surface area (Å²) in [6, 6.07) is 14.9. The predicted molar refractivity (Wildman–Crippen MR) is 111 cm³/mol. The van der Waals surface area contributed by atoms with Crippen molar-refractivity contribution in [3.63, 3.8) is 0 Å². The Labute approximate surface area is 168 Å². The zero-order valence-corrected chi connectivity index (χ0v) is 16.9. The number of amides is 1. The van der Waals surface area contributed by atoms with E-state index in [0.717, 1.165) is 17.1 Å². The van der Waals surface area contributed by atoms with E-state index in [1.165, 1.54) is 11.8 Å². The number of thioether (sulfide) groups is 1. The van der Waals surface area contributed by atoms with E-state index in [1.807, 2.05) is 42.7 Å². The molecule has 0 radical (unpaired) electrons. The summed E-state index contributed by atoms with van der Waals surface area (Å²) >= 11 is 1.36. The molecule has 0 aliphatic heterocycles. The molecule has 6 nitrogen and oxygen atoms in total. The van der Waals surface area contributed by atoms with Gasteiger partial charge < -0.3 is 5.32 Å². The van der Waals surface area contributed by atoms with E-state index in [2.05, 4.69) is 15.5 Å². The molecule has 2 aromatic carbocycles. The van der Waals surface area contributed by atoms with Crippen LogP contribution < -0.4 is 5.32 Å². The molecular weight excluding hydrogens is 372 g/mol. The van der Waals surface area contributed by atoms with Gasteiger partial charge in [-0.1, -0.05) is 36.9 Å². The third kappa shape index (κ3) is 4.48. The van der Waals surface area contributed by atoms with Crippen molar-refractivity contribution in [3.05, 3.63) is 65.5 Å². The van der Waals surface area contributed by atoms with Gasteiger partial charge in [-0.3, -0.25) is 14.2 Å². The molecule has 1 amide bonds. The van der Waals surface area contributed by atoms with Gasteiger partial charge in [0.2, 0.25) is 5.91 Å². The lowest BCUT2D eigenvalue weighted by atomic mass is 10.1. The molecule has 144 valence electrons. The molecule has 7 heteroatoms. The first kappa shape index (κ1) is 19.8. The number of aryl methyl sites for hydroxylation is 2. The Morgan fingerprint density at radius 3 is 2.43 bits per heavy atom. The predicted octanol–water partition coefficient (Wildman–Crippen LogP) is 4.21. The van der Waals surface area contributed by atoms with Crippen LogP contribution in [0.15, 0.2) is 53.7 Å². The van der Waals surface area contributed by atoms with E-state index in [0.29, 0.717) is 22.8 Å². The van der Waals surface area contributed by atoms with Gasteiger partial charge in [0.15, 0.2) is 10.9 Å². The zero-order chi connectivity index (χ0) is 20.1. The molecule has 0 aliphatic rings. The van der Waals surface area contributed by atoms with E-state index in [1.54, 1.807) is 31.2 Å². The van der Waals surface area contributed by atoms with Crippen LogP contribution in [0.4, 0.5) is 5.69 Å². The molecule has 0 spiro atoms. The van der Waals surface area contributed by atoms with E-state index in [4.69, 9.17) is 0 Å². The number of benzene rings is 2. The fourth-order valence-corrected chi connectivity index (χ4v) is 3.62. The van der Waals surface area contributed by atoms with Gasteiger partial charge in [-0.2, -0.15) is 0 Å². The van der Waals surface area contributed by atoms with Crippen LogP contribution >= 0.6 is 11.8 Å². The van der Waals surface area contributed by atoms with Crippen molar-refractivity contribution in [3.8, 4) is 5.69 Å². The van der Waals surface area contributed by atoms with Crippen LogP contribution in [0.5, 0.6) is 0 Å². The molecule has 1 N–H and O–H groups in total. The van der Waals surface area contributed by atoms with Crippen molar-refractivity contribution in [2.24, 2.45) is 0 Å². The minimum atomic E-state index is -0.0551. The fraction of sp³-hybridized carbons (Fsp3) is 0.238. The number of nitrogens with zero attached hydrogens (tertiary/aromatic N) is 3. The maximum Gasteiger partial charge on any atom is 0.224 e. The van der Waals surface area contributed by atoms with Gasteiger partial charge in [-0.15, -0.1) is 10.2 Å². The zero-order valence-electron chi connectivity index (χ0n) is 16.1. The van der Waals surface area contributed by atoms with Gasteiger partial charge in [-0.25, -0.2) is 0 Å². The Hall–Kier alpha value is -2.93. The molecule has 0 fully saturated rings. The van der Waals surface area contributed by atoms with Gasteiger partial charge in [0, 0.05) is 17.7 Å². The van der Waals surface area contributed by atoms with Crippen molar-refractivity contribution in [2.45, 2.75) is 32.3 Å². The summed E-state index contributed by atoms with van der Waals surface area (Å²) in [6.45, 7) is 5.73. The van der Waals surface area contributed by atoms with Gasteiger partial charge in [0.05, 0.1) is 11.4 Å². The summed E-state index contributed by atoms with van der Waals surface area (Å²) < 4.78 is 1.97. The summed E-state index contributed by atoms with van der Waals surface area (Å²) in [6.07, 6.45) is 0.415. The van der Waals surface area contributed by atoms with Gasteiger partial charge in [0.25, 0.3) is 0 Å². The average Bonchev–Trinajstić information content (AvgIpc) is 3.07. The van der Waals surface area contributed by atoms with Gasteiger partial charge >= 0.3 is 0 Å². The molecule has 0 saturated carbocycles. The number of rotatable bonds is 7.